The Hall–Kier alpha value is -1.56. The van der Waals surface area contributed by atoms with E-state index in [1.54, 1.807) is 12.4 Å². The predicted octanol–water partition coefficient (Wildman–Crippen LogP) is 2.57. The lowest BCUT2D eigenvalue weighted by Gasteiger charge is -2.19. The van der Waals surface area contributed by atoms with Gasteiger partial charge in [-0.05, 0) is 17.4 Å². The van der Waals surface area contributed by atoms with E-state index in [-0.39, 0.29) is 11.6 Å². The largest absolute Gasteiger partial charge is 0.478 e. The fraction of sp³-hybridized carbons (Fsp3) is 0.455. The normalized spacial score (nSPS) is 10.4. The van der Waals surface area contributed by atoms with E-state index in [2.05, 4.69) is 5.32 Å². The Labute approximate surface area is 104 Å². The molecule has 0 bridgehead atoms. The Morgan fingerprint density at radius 3 is 2.71 bits per heavy atom. The molecule has 0 aliphatic heterocycles. The van der Waals surface area contributed by atoms with Crippen molar-refractivity contribution in [3.63, 3.8) is 0 Å². The van der Waals surface area contributed by atoms with Gasteiger partial charge in [-0.2, -0.15) is 0 Å². The van der Waals surface area contributed by atoms with Crippen molar-refractivity contribution in [1.82, 2.24) is 4.90 Å². The molecule has 0 saturated heterocycles. The second-order valence-electron chi connectivity index (χ2n) is 4.17. The Balaban J connectivity index is 2.68. The highest BCUT2D eigenvalue weighted by atomic mass is 32.1. The van der Waals surface area contributed by atoms with Crippen molar-refractivity contribution in [2.75, 3.05) is 18.9 Å². The molecule has 0 fully saturated rings. The number of carboxylic acids is 1. The quantitative estimate of drug-likeness (QED) is 0.869. The van der Waals surface area contributed by atoms with Crippen molar-refractivity contribution < 1.29 is 14.7 Å². The minimum atomic E-state index is -1.03. The van der Waals surface area contributed by atoms with Gasteiger partial charge < -0.3 is 10.0 Å². The van der Waals surface area contributed by atoms with Gasteiger partial charge in [0.15, 0.2) is 0 Å². The monoisotopic (exact) mass is 256 g/mol. The first-order valence-corrected chi connectivity index (χ1v) is 6.12. The molecule has 17 heavy (non-hydrogen) atoms. The van der Waals surface area contributed by atoms with E-state index in [0.29, 0.717) is 17.5 Å². The van der Waals surface area contributed by atoms with Crippen molar-refractivity contribution >= 4 is 28.3 Å². The molecule has 0 unspecified atom stereocenters. The first-order chi connectivity index (χ1) is 7.91. The van der Waals surface area contributed by atoms with Crippen LogP contribution in [-0.2, 0) is 0 Å². The van der Waals surface area contributed by atoms with Crippen LogP contribution in [0.2, 0.25) is 0 Å². The Bertz CT molecular complexity index is 415. The minimum Gasteiger partial charge on any atom is -0.478 e. The highest BCUT2D eigenvalue weighted by molar-refractivity contribution is 7.14. The van der Waals surface area contributed by atoms with E-state index < -0.39 is 5.97 Å². The van der Waals surface area contributed by atoms with Crippen LogP contribution in [0, 0.1) is 5.92 Å². The summed E-state index contributed by atoms with van der Waals surface area (Å²) in [4.78, 5) is 24.1. The lowest BCUT2D eigenvalue weighted by atomic mass is 10.2. The summed E-state index contributed by atoms with van der Waals surface area (Å²) in [5.41, 5.74) is 0.126. The molecule has 0 atom stereocenters. The summed E-state index contributed by atoms with van der Waals surface area (Å²) in [6.45, 7) is 4.65. The zero-order valence-electron chi connectivity index (χ0n) is 10.1. The van der Waals surface area contributed by atoms with Gasteiger partial charge in [0.2, 0.25) is 0 Å². The van der Waals surface area contributed by atoms with Crippen LogP contribution < -0.4 is 5.32 Å². The predicted molar refractivity (Wildman–Crippen MR) is 67.8 cm³/mol. The van der Waals surface area contributed by atoms with Gasteiger partial charge in [-0.1, -0.05) is 13.8 Å². The maximum absolute atomic E-state index is 11.7. The van der Waals surface area contributed by atoms with Crippen LogP contribution in [0.1, 0.15) is 24.2 Å². The van der Waals surface area contributed by atoms with Crippen molar-refractivity contribution in [1.29, 1.82) is 0 Å². The number of thiophene rings is 1. The number of rotatable bonds is 4. The second-order valence-corrected chi connectivity index (χ2v) is 5.09. The highest BCUT2D eigenvalue weighted by Gasteiger charge is 2.16. The molecule has 0 saturated carbocycles. The van der Waals surface area contributed by atoms with Crippen LogP contribution in [-0.4, -0.2) is 35.6 Å². The number of anilines is 1. The second kappa shape index (κ2) is 5.67. The summed E-state index contributed by atoms with van der Waals surface area (Å²) < 4.78 is 0. The van der Waals surface area contributed by atoms with E-state index in [1.165, 1.54) is 22.3 Å². The summed E-state index contributed by atoms with van der Waals surface area (Å²) in [5.74, 6) is -0.666. The summed E-state index contributed by atoms with van der Waals surface area (Å²) in [7, 11) is 1.68. The minimum absolute atomic E-state index is 0.126. The number of amides is 2. The molecule has 5 nitrogen and oxygen atoms in total. The molecule has 0 aliphatic carbocycles. The van der Waals surface area contributed by atoms with Crippen LogP contribution in [0.15, 0.2) is 11.4 Å². The number of carbonyl (C=O) groups excluding carboxylic acids is 1. The third-order valence-corrected chi connectivity index (χ3v) is 2.93. The molecule has 6 heteroatoms. The Morgan fingerprint density at radius 2 is 2.18 bits per heavy atom. The van der Waals surface area contributed by atoms with Gasteiger partial charge in [0.1, 0.15) is 5.00 Å². The van der Waals surface area contributed by atoms with Crippen molar-refractivity contribution in [2.45, 2.75) is 13.8 Å². The highest BCUT2D eigenvalue weighted by Crippen LogP contribution is 2.23. The lowest BCUT2D eigenvalue weighted by molar-refractivity contribution is 0.0698. The number of nitrogens with one attached hydrogen (secondary N) is 1. The molecule has 0 aliphatic rings. The molecule has 1 aromatic rings. The summed E-state index contributed by atoms with van der Waals surface area (Å²) in [6.07, 6.45) is 0. The molecular weight excluding hydrogens is 240 g/mol. The smallest absolute Gasteiger partial charge is 0.338 e. The van der Waals surface area contributed by atoms with Crippen LogP contribution >= 0.6 is 11.3 Å². The summed E-state index contributed by atoms with van der Waals surface area (Å²) in [6, 6.07) is 1.19. The average molecular weight is 256 g/mol. The summed E-state index contributed by atoms with van der Waals surface area (Å²) >= 11 is 1.20. The van der Waals surface area contributed by atoms with Gasteiger partial charge in [-0.15, -0.1) is 11.3 Å². The van der Waals surface area contributed by atoms with Crippen LogP contribution in [0.4, 0.5) is 9.80 Å². The lowest BCUT2D eigenvalue weighted by Crippen LogP contribution is -2.34. The zero-order valence-corrected chi connectivity index (χ0v) is 10.9. The Morgan fingerprint density at radius 1 is 1.53 bits per heavy atom. The maximum Gasteiger partial charge on any atom is 0.338 e. The number of carboxylic acid groups (broad SMARTS) is 1. The van der Waals surface area contributed by atoms with Crippen molar-refractivity contribution in [3.05, 3.63) is 17.0 Å². The molecule has 1 rings (SSSR count). The molecule has 1 aromatic heterocycles. The first kappa shape index (κ1) is 13.5. The van der Waals surface area contributed by atoms with Gasteiger partial charge in [0, 0.05) is 13.6 Å². The molecule has 94 valence electrons. The van der Waals surface area contributed by atoms with E-state index in [1.807, 2.05) is 13.8 Å². The van der Waals surface area contributed by atoms with E-state index in [0.717, 1.165) is 0 Å². The van der Waals surface area contributed by atoms with Gasteiger partial charge in [0.25, 0.3) is 0 Å². The molecular formula is C11H16N2O3S. The SMILES string of the molecule is CC(C)CN(C)C(=O)Nc1sccc1C(=O)O. The number of urea groups is 1. The molecule has 2 N–H and O–H groups in total. The topological polar surface area (TPSA) is 69.6 Å². The van der Waals surface area contributed by atoms with Crippen molar-refractivity contribution in [3.8, 4) is 0 Å². The molecule has 0 aromatic carbocycles. The fourth-order valence-electron chi connectivity index (χ4n) is 1.40. The van der Waals surface area contributed by atoms with E-state index >= 15 is 0 Å². The van der Waals surface area contributed by atoms with E-state index in [9.17, 15) is 9.59 Å². The molecule has 1 heterocycles. The summed E-state index contributed by atoms with van der Waals surface area (Å²) in [5, 5.41) is 13.5. The first-order valence-electron chi connectivity index (χ1n) is 5.24. The molecule has 0 spiro atoms. The van der Waals surface area contributed by atoms with Crippen LogP contribution in [0.25, 0.3) is 0 Å². The van der Waals surface area contributed by atoms with Gasteiger partial charge >= 0.3 is 12.0 Å². The standard InChI is InChI=1S/C11H16N2O3S/c1-7(2)6-13(3)11(16)12-9-8(10(14)15)4-5-17-9/h4-5,7H,6H2,1-3H3,(H,12,16)(H,14,15). The van der Waals surface area contributed by atoms with Crippen LogP contribution in [0.3, 0.4) is 0 Å². The molecule has 2 amide bonds. The van der Waals surface area contributed by atoms with Gasteiger partial charge in [-0.3, -0.25) is 5.32 Å². The molecule has 0 radical (unpaired) electrons. The van der Waals surface area contributed by atoms with Gasteiger partial charge in [-0.25, -0.2) is 9.59 Å². The number of aromatic carboxylic acids is 1. The fourth-order valence-corrected chi connectivity index (χ4v) is 2.17. The average Bonchev–Trinajstić information content (AvgIpc) is 2.64. The zero-order chi connectivity index (χ0) is 13.0. The number of hydrogen-bond donors (Lipinski definition) is 2. The van der Waals surface area contributed by atoms with Crippen molar-refractivity contribution in [2.24, 2.45) is 5.92 Å². The van der Waals surface area contributed by atoms with Gasteiger partial charge in [0.05, 0.1) is 5.56 Å². The third-order valence-electron chi connectivity index (χ3n) is 2.10. The number of hydrogen-bond acceptors (Lipinski definition) is 3. The Kier molecular flexibility index (Phi) is 4.51. The third kappa shape index (κ3) is 3.74. The number of nitrogens with zero attached hydrogens (tertiary/aromatic N) is 1. The van der Waals surface area contributed by atoms with Crippen LogP contribution in [0.5, 0.6) is 0 Å². The van der Waals surface area contributed by atoms with E-state index in [4.69, 9.17) is 5.11 Å². The number of carbonyl (C=O) groups is 2. The maximum atomic E-state index is 11.7.